The quantitative estimate of drug-likeness (QED) is 0.867. The predicted molar refractivity (Wildman–Crippen MR) is 85.0 cm³/mol. The highest BCUT2D eigenvalue weighted by atomic mass is 35.5. The van der Waals surface area contributed by atoms with Gasteiger partial charge in [0.15, 0.2) is 0 Å². The highest BCUT2D eigenvalue weighted by Gasteiger charge is 2.12. The van der Waals surface area contributed by atoms with Crippen molar-refractivity contribution in [1.82, 2.24) is 9.97 Å². The lowest BCUT2D eigenvalue weighted by Crippen LogP contribution is -2.06. The van der Waals surface area contributed by atoms with E-state index in [2.05, 4.69) is 27.5 Å². The van der Waals surface area contributed by atoms with Crippen molar-refractivity contribution in [1.29, 1.82) is 0 Å². The molecule has 2 N–H and O–H groups in total. The van der Waals surface area contributed by atoms with Gasteiger partial charge in [-0.2, -0.15) is 0 Å². The van der Waals surface area contributed by atoms with Gasteiger partial charge in [-0.25, -0.2) is 9.97 Å². The lowest BCUT2D eigenvalue weighted by molar-refractivity contribution is 0.905. The molecule has 0 amide bonds. The van der Waals surface area contributed by atoms with Crippen LogP contribution in [-0.4, -0.2) is 17.0 Å². The van der Waals surface area contributed by atoms with Gasteiger partial charge in [0, 0.05) is 12.6 Å². The van der Waals surface area contributed by atoms with Crippen LogP contribution in [0, 0.1) is 6.92 Å². The molecule has 5 heteroatoms. The molecule has 0 aliphatic rings. The molecule has 1 aromatic heterocycles. The third-order valence-corrected chi connectivity index (χ3v) is 3.46. The number of halogens is 1. The minimum atomic E-state index is 0.692. The maximum atomic E-state index is 6.26. The topological polar surface area (TPSA) is 49.8 Å². The van der Waals surface area contributed by atoms with E-state index in [1.165, 1.54) is 0 Å². The summed E-state index contributed by atoms with van der Waals surface area (Å²) >= 11 is 6.26. The Labute approximate surface area is 124 Å². The number of aromatic nitrogens is 2. The van der Waals surface area contributed by atoms with E-state index in [9.17, 15) is 0 Å². The van der Waals surface area contributed by atoms with Gasteiger partial charge in [0.1, 0.15) is 18.0 Å². The molecule has 0 aliphatic heterocycles. The molecule has 0 fully saturated rings. The summed E-state index contributed by atoms with van der Waals surface area (Å²) in [4.78, 5) is 8.63. The number of hydrogen-bond donors (Lipinski definition) is 2. The Morgan fingerprint density at radius 1 is 1.20 bits per heavy atom. The Kier molecular flexibility index (Phi) is 4.79. The Balaban J connectivity index is 2.43. The summed E-state index contributed by atoms with van der Waals surface area (Å²) in [7, 11) is 1.87. The van der Waals surface area contributed by atoms with Crippen molar-refractivity contribution in [3.63, 3.8) is 0 Å². The van der Waals surface area contributed by atoms with Crippen LogP contribution >= 0.6 is 11.6 Å². The highest BCUT2D eigenvalue weighted by Crippen LogP contribution is 2.31. The fourth-order valence-corrected chi connectivity index (χ4v) is 2.40. The zero-order valence-electron chi connectivity index (χ0n) is 12.0. The average Bonchev–Trinajstić information content (AvgIpc) is 2.44. The molecule has 0 atom stereocenters. The molecule has 1 aromatic carbocycles. The number of hydrogen-bond acceptors (Lipinski definition) is 4. The molecule has 0 radical (unpaired) electrons. The van der Waals surface area contributed by atoms with E-state index < -0.39 is 0 Å². The standard InChI is InChI=1S/C15H19ClN4/c1-4-6-11-14(17-3)18-9-19-15(11)20-13-10(2)7-5-8-12(13)16/h5,7-9H,4,6H2,1-3H3,(H2,17,18,19,20). The molecule has 0 bridgehead atoms. The van der Waals surface area contributed by atoms with E-state index in [1.54, 1.807) is 6.33 Å². The summed E-state index contributed by atoms with van der Waals surface area (Å²) in [6.45, 7) is 4.16. The first kappa shape index (κ1) is 14.6. The van der Waals surface area contributed by atoms with Crippen LogP contribution in [0.15, 0.2) is 24.5 Å². The van der Waals surface area contributed by atoms with Crippen molar-refractivity contribution in [2.75, 3.05) is 17.7 Å². The molecule has 0 saturated heterocycles. The van der Waals surface area contributed by atoms with Crippen LogP contribution in [0.5, 0.6) is 0 Å². The third-order valence-electron chi connectivity index (χ3n) is 3.15. The molecular formula is C15H19ClN4. The molecule has 0 aliphatic carbocycles. The van der Waals surface area contributed by atoms with Gasteiger partial charge >= 0.3 is 0 Å². The Bertz CT molecular complexity index is 578. The molecule has 4 nitrogen and oxygen atoms in total. The van der Waals surface area contributed by atoms with Gasteiger partial charge in [-0.05, 0) is 25.0 Å². The SMILES string of the molecule is CCCc1c(NC)ncnc1Nc1c(C)cccc1Cl. The van der Waals surface area contributed by atoms with Gasteiger partial charge in [-0.15, -0.1) is 0 Å². The summed E-state index contributed by atoms with van der Waals surface area (Å²) in [5, 5.41) is 7.15. The number of nitrogens with one attached hydrogen (secondary N) is 2. The summed E-state index contributed by atoms with van der Waals surface area (Å²) in [6, 6.07) is 5.83. The van der Waals surface area contributed by atoms with Crippen molar-refractivity contribution in [3.05, 3.63) is 40.7 Å². The zero-order chi connectivity index (χ0) is 14.5. The van der Waals surface area contributed by atoms with Crippen molar-refractivity contribution in [2.45, 2.75) is 26.7 Å². The van der Waals surface area contributed by atoms with Gasteiger partial charge < -0.3 is 10.6 Å². The lowest BCUT2D eigenvalue weighted by Gasteiger charge is -2.15. The normalized spacial score (nSPS) is 10.4. The van der Waals surface area contributed by atoms with Crippen LogP contribution in [-0.2, 0) is 6.42 Å². The lowest BCUT2D eigenvalue weighted by atomic mass is 10.1. The summed E-state index contributed by atoms with van der Waals surface area (Å²) in [5.74, 6) is 1.66. The maximum absolute atomic E-state index is 6.26. The number of rotatable bonds is 5. The first-order valence-electron chi connectivity index (χ1n) is 6.71. The van der Waals surface area contributed by atoms with Gasteiger partial charge in [0.2, 0.25) is 0 Å². The van der Waals surface area contributed by atoms with Crippen LogP contribution in [0.3, 0.4) is 0 Å². The van der Waals surface area contributed by atoms with Crippen molar-refractivity contribution < 1.29 is 0 Å². The highest BCUT2D eigenvalue weighted by molar-refractivity contribution is 6.33. The first-order valence-corrected chi connectivity index (χ1v) is 7.09. The molecule has 1 heterocycles. The maximum Gasteiger partial charge on any atom is 0.139 e. The summed E-state index contributed by atoms with van der Waals surface area (Å²) in [6.07, 6.45) is 3.49. The fraction of sp³-hybridized carbons (Fsp3) is 0.333. The second kappa shape index (κ2) is 6.57. The average molecular weight is 291 g/mol. The minimum absolute atomic E-state index is 0.692. The van der Waals surface area contributed by atoms with Crippen LogP contribution in [0.2, 0.25) is 5.02 Å². The molecule has 2 rings (SSSR count). The number of benzene rings is 1. The number of aryl methyl sites for hydroxylation is 1. The van der Waals surface area contributed by atoms with Crippen LogP contribution in [0.4, 0.5) is 17.3 Å². The largest absolute Gasteiger partial charge is 0.373 e. The predicted octanol–water partition coefficient (Wildman–Crippen LogP) is 4.18. The van der Waals surface area contributed by atoms with E-state index in [0.29, 0.717) is 5.02 Å². The van der Waals surface area contributed by atoms with Crippen molar-refractivity contribution in [2.24, 2.45) is 0 Å². The van der Waals surface area contributed by atoms with Gasteiger partial charge in [-0.1, -0.05) is 37.1 Å². The van der Waals surface area contributed by atoms with Crippen molar-refractivity contribution in [3.8, 4) is 0 Å². The van der Waals surface area contributed by atoms with E-state index >= 15 is 0 Å². The van der Waals surface area contributed by atoms with Crippen LogP contribution < -0.4 is 10.6 Å². The van der Waals surface area contributed by atoms with Gasteiger partial charge in [0.05, 0.1) is 10.7 Å². The summed E-state index contributed by atoms with van der Waals surface area (Å²) < 4.78 is 0. The van der Waals surface area contributed by atoms with Crippen LogP contribution in [0.25, 0.3) is 0 Å². The zero-order valence-corrected chi connectivity index (χ0v) is 12.8. The summed E-state index contributed by atoms with van der Waals surface area (Å²) in [5.41, 5.74) is 3.06. The molecule has 0 unspecified atom stereocenters. The smallest absolute Gasteiger partial charge is 0.139 e. The number of anilines is 3. The Hall–Kier alpha value is -1.81. The van der Waals surface area contributed by atoms with Crippen molar-refractivity contribution >= 4 is 28.9 Å². The fourth-order valence-electron chi connectivity index (χ4n) is 2.13. The molecular weight excluding hydrogens is 272 g/mol. The monoisotopic (exact) mass is 290 g/mol. The van der Waals surface area contributed by atoms with Gasteiger partial charge in [-0.3, -0.25) is 0 Å². The number of para-hydroxylation sites is 1. The third kappa shape index (κ3) is 3.02. The first-order chi connectivity index (χ1) is 9.67. The molecule has 0 spiro atoms. The molecule has 106 valence electrons. The Morgan fingerprint density at radius 2 is 1.95 bits per heavy atom. The Morgan fingerprint density at radius 3 is 2.60 bits per heavy atom. The minimum Gasteiger partial charge on any atom is -0.373 e. The van der Waals surface area contributed by atoms with Gasteiger partial charge in [0.25, 0.3) is 0 Å². The second-order valence-corrected chi connectivity index (χ2v) is 5.01. The molecule has 2 aromatic rings. The van der Waals surface area contributed by atoms with E-state index in [-0.39, 0.29) is 0 Å². The molecule has 0 saturated carbocycles. The molecule has 20 heavy (non-hydrogen) atoms. The second-order valence-electron chi connectivity index (χ2n) is 4.61. The number of nitrogens with zero attached hydrogens (tertiary/aromatic N) is 2. The van der Waals surface area contributed by atoms with Crippen LogP contribution in [0.1, 0.15) is 24.5 Å². The van der Waals surface area contributed by atoms with E-state index in [0.717, 1.165) is 41.3 Å². The van der Waals surface area contributed by atoms with E-state index in [1.807, 2.05) is 32.2 Å². The van der Waals surface area contributed by atoms with E-state index in [4.69, 9.17) is 11.6 Å².